The van der Waals surface area contributed by atoms with E-state index in [-0.39, 0.29) is 41.5 Å². The van der Waals surface area contributed by atoms with Gasteiger partial charge in [-0.25, -0.2) is 14.6 Å². The number of imide groups is 2. The van der Waals surface area contributed by atoms with Gasteiger partial charge in [0.1, 0.15) is 28.6 Å². The maximum absolute atomic E-state index is 15.5. The first-order valence-corrected chi connectivity index (χ1v) is 17.6. The number of aromatic hydroxyl groups is 2. The molecule has 3 N–H and O–H groups in total. The highest BCUT2D eigenvalue weighted by molar-refractivity contribution is 6.32. The molecule has 2 aliphatic carbocycles. The van der Waals surface area contributed by atoms with Crippen molar-refractivity contribution in [3.63, 3.8) is 0 Å². The van der Waals surface area contributed by atoms with E-state index in [2.05, 4.69) is 0 Å². The molecule has 1 saturated carbocycles. The number of methoxy groups -OCH3 is 2. The summed E-state index contributed by atoms with van der Waals surface area (Å²) in [4.78, 5) is 72.9. The number of amides is 4. The molecule has 8 rings (SSSR count). The molecule has 0 aromatic heterocycles. The molecule has 4 aromatic rings. The Morgan fingerprint density at radius 3 is 2.11 bits per heavy atom. The van der Waals surface area contributed by atoms with E-state index in [1.165, 1.54) is 38.5 Å². The Hall–Kier alpha value is -6.14. The third-order valence-corrected chi connectivity index (χ3v) is 11.7. The van der Waals surface area contributed by atoms with Crippen LogP contribution in [0, 0.1) is 23.7 Å². The van der Waals surface area contributed by atoms with E-state index >= 15 is 9.59 Å². The Balaban J connectivity index is 1.37. The molecule has 54 heavy (non-hydrogen) atoms. The maximum atomic E-state index is 15.5. The minimum absolute atomic E-state index is 0.00978. The first-order chi connectivity index (χ1) is 25.9. The summed E-state index contributed by atoms with van der Waals surface area (Å²) in [6.07, 6.45) is 1.98. The number of nitrogens with zero attached hydrogens (tertiary/aromatic N) is 2. The highest BCUT2D eigenvalue weighted by Gasteiger charge is 2.71. The van der Waals surface area contributed by atoms with Crippen molar-refractivity contribution >= 4 is 52.6 Å². The summed E-state index contributed by atoms with van der Waals surface area (Å²) in [7, 11) is 2.83. The zero-order chi connectivity index (χ0) is 38.2. The van der Waals surface area contributed by atoms with Gasteiger partial charge in [-0.05, 0) is 54.7 Å². The lowest BCUT2D eigenvalue weighted by Gasteiger charge is -2.51. The van der Waals surface area contributed by atoms with Gasteiger partial charge in [0.15, 0.2) is 0 Å². The summed E-state index contributed by atoms with van der Waals surface area (Å²) in [5.41, 5.74) is -0.211. The van der Waals surface area contributed by atoms with Crippen LogP contribution in [-0.2, 0) is 24.6 Å². The number of phenolic OH excluding ortho intramolecular Hbond substituents is 1. The fourth-order valence-electron chi connectivity index (χ4n) is 9.36. The molecule has 6 atom stereocenters. The number of fused-ring (bicyclic) bond motifs is 4. The van der Waals surface area contributed by atoms with Crippen molar-refractivity contribution in [2.45, 2.75) is 24.2 Å². The third kappa shape index (κ3) is 4.86. The molecule has 0 unspecified atom stereocenters. The van der Waals surface area contributed by atoms with E-state index in [9.17, 15) is 29.7 Å². The van der Waals surface area contributed by atoms with Crippen LogP contribution in [0.1, 0.15) is 40.2 Å². The van der Waals surface area contributed by atoms with Crippen LogP contribution in [-0.4, -0.2) is 59.1 Å². The lowest BCUT2D eigenvalue weighted by Crippen LogP contribution is -2.53. The molecule has 274 valence electrons. The van der Waals surface area contributed by atoms with Crippen LogP contribution in [0.4, 0.5) is 11.4 Å². The van der Waals surface area contributed by atoms with Crippen molar-refractivity contribution in [3.8, 4) is 23.0 Å². The van der Waals surface area contributed by atoms with Gasteiger partial charge in [0.25, 0.3) is 0 Å². The molecular weight excluding hydrogens is 716 g/mol. The SMILES string of the molecule is COc1cc(O)cc(OC)c1[C@H]1C2=CC[C@@H]3C(=O)N(c4ccc(C(=O)O)c(O)c4)C(=O)[C@@H]3[C@@H]2C[C@H]2C(=O)N(c3cccc(Cl)c3)C(=O)[C@@]12c1ccccc1. The number of anilines is 2. The van der Waals surface area contributed by atoms with Gasteiger partial charge in [-0.15, -0.1) is 0 Å². The molecule has 3 fully saturated rings. The second-order valence-electron chi connectivity index (χ2n) is 13.9. The monoisotopic (exact) mass is 748 g/mol. The summed E-state index contributed by atoms with van der Waals surface area (Å²) >= 11 is 6.40. The molecule has 4 aliphatic rings. The summed E-state index contributed by atoms with van der Waals surface area (Å²) < 4.78 is 11.7. The molecule has 2 aliphatic heterocycles. The molecule has 0 radical (unpaired) electrons. The quantitative estimate of drug-likeness (QED) is 0.154. The standard InChI is InChI=1S/C41H33ClN2O10/c1-53-31-17-24(45)18-32(54-2)34(31)35-25-13-14-27-33(38(49)43(36(27)47)23-11-12-26(39(50)51)30(46)16-23)28(25)19-29-37(48)44(22-10-6-9-21(42)15-22)40(52)41(29,35)20-7-4-3-5-8-20/h3-13,15-18,27-29,33,35,45-46H,14,19H2,1-2H3,(H,50,51)/t27-,28+,29-,33-,35+,41+/m0/s1. The molecule has 4 amide bonds. The zero-order valence-corrected chi connectivity index (χ0v) is 29.7. The number of carbonyl (C=O) groups is 5. The summed E-state index contributed by atoms with van der Waals surface area (Å²) in [6, 6.07) is 21.7. The van der Waals surface area contributed by atoms with Gasteiger partial charge in [-0.2, -0.15) is 0 Å². The number of carboxylic acid groups (broad SMARTS) is 1. The third-order valence-electron chi connectivity index (χ3n) is 11.5. The number of phenols is 2. The van der Waals surface area contributed by atoms with Crippen molar-refractivity contribution in [2.75, 3.05) is 24.0 Å². The van der Waals surface area contributed by atoms with E-state index < -0.39 is 75.9 Å². The summed E-state index contributed by atoms with van der Waals surface area (Å²) in [5, 5.41) is 31.0. The average molecular weight is 749 g/mol. The average Bonchev–Trinajstić information content (AvgIpc) is 3.55. The minimum atomic E-state index is -1.63. The zero-order valence-electron chi connectivity index (χ0n) is 28.9. The number of ether oxygens (including phenoxy) is 2. The van der Waals surface area contributed by atoms with Crippen LogP contribution in [0.5, 0.6) is 23.0 Å². The number of rotatable bonds is 7. The van der Waals surface area contributed by atoms with Crippen molar-refractivity contribution in [3.05, 3.63) is 118 Å². The summed E-state index contributed by atoms with van der Waals surface area (Å²) in [6.45, 7) is 0. The van der Waals surface area contributed by atoms with Gasteiger partial charge in [0, 0.05) is 34.7 Å². The fraction of sp³-hybridized carbons (Fsp3) is 0.244. The van der Waals surface area contributed by atoms with Crippen LogP contribution < -0.4 is 19.3 Å². The van der Waals surface area contributed by atoms with Crippen molar-refractivity contribution in [1.82, 2.24) is 0 Å². The number of halogens is 1. The van der Waals surface area contributed by atoms with Gasteiger partial charge in [-0.3, -0.25) is 19.2 Å². The molecular formula is C41H33ClN2O10. The van der Waals surface area contributed by atoms with Gasteiger partial charge in [0.2, 0.25) is 23.6 Å². The Labute approximate surface area is 313 Å². The predicted molar refractivity (Wildman–Crippen MR) is 195 cm³/mol. The lowest BCUT2D eigenvalue weighted by molar-refractivity contribution is -0.127. The number of allylic oxidation sites excluding steroid dienone is 2. The molecule has 0 spiro atoms. The van der Waals surface area contributed by atoms with E-state index in [4.69, 9.17) is 21.1 Å². The van der Waals surface area contributed by atoms with Crippen LogP contribution in [0.3, 0.4) is 0 Å². The van der Waals surface area contributed by atoms with Crippen LogP contribution in [0.2, 0.25) is 5.02 Å². The first kappa shape index (κ1) is 34.9. The van der Waals surface area contributed by atoms with Crippen LogP contribution in [0.25, 0.3) is 0 Å². The fourth-order valence-corrected chi connectivity index (χ4v) is 9.55. The Morgan fingerprint density at radius 2 is 1.48 bits per heavy atom. The normalized spacial score (nSPS) is 25.9. The predicted octanol–water partition coefficient (Wildman–Crippen LogP) is 5.83. The highest BCUT2D eigenvalue weighted by atomic mass is 35.5. The Morgan fingerprint density at radius 1 is 0.796 bits per heavy atom. The molecule has 0 bridgehead atoms. The first-order valence-electron chi connectivity index (χ1n) is 17.2. The molecule has 2 saturated heterocycles. The lowest BCUT2D eigenvalue weighted by atomic mass is 9.49. The van der Waals surface area contributed by atoms with E-state index in [0.717, 1.165) is 21.9 Å². The second kappa shape index (κ2) is 12.8. The Bertz CT molecular complexity index is 2300. The maximum Gasteiger partial charge on any atom is 0.339 e. The molecule has 4 aromatic carbocycles. The van der Waals surface area contributed by atoms with E-state index in [1.54, 1.807) is 48.5 Å². The van der Waals surface area contributed by atoms with Gasteiger partial charge in [0.05, 0.1) is 48.8 Å². The summed E-state index contributed by atoms with van der Waals surface area (Å²) in [5.74, 6) is -8.61. The van der Waals surface area contributed by atoms with Crippen molar-refractivity contribution in [2.24, 2.45) is 23.7 Å². The number of carbonyl (C=O) groups excluding carboxylic acids is 4. The van der Waals surface area contributed by atoms with E-state index in [1.807, 2.05) is 6.08 Å². The number of hydrogen-bond donors (Lipinski definition) is 3. The second-order valence-corrected chi connectivity index (χ2v) is 14.3. The molecule has 13 heteroatoms. The largest absolute Gasteiger partial charge is 0.508 e. The highest BCUT2D eigenvalue weighted by Crippen LogP contribution is 2.66. The number of benzene rings is 4. The van der Waals surface area contributed by atoms with Crippen LogP contribution in [0.15, 0.2) is 96.6 Å². The number of carboxylic acids is 1. The van der Waals surface area contributed by atoms with Gasteiger partial charge < -0.3 is 24.8 Å². The van der Waals surface area contributed by atoms with Crippen molar-refractivity contribution < 1.29 is 48.8 Å². The number of aromatic carboxylic acids is 1. The van der Waals surface area contributed by atoms with Crippen molar-refractivity contribution in [1.29, 1.82) is 0 Å². The van der Waals surface area contributed by atoms with Gasteiger partial charge >= 0.3 is 5.97 Å². The smallest absolute Gasteiger partial charge is 0.339 e. The number of hydrogen-bond acceptors (Lipinski definition) is 9. The molecule has 12 nitrogen and oxygen atoms in total. The van der Waals surface area contributed by atoms with E-state index in [0.29, 0.717) is 21.7 Å². The minimum Gasteiger partial charge on any atom is -0.508 e. The Kier molecular flexibility index (Phi) is 8.26. The van der Waals surface area contributed by atoms with Gasteiger partial charge in [-0.1, -0.05) is 59.6 Å². The molecule has 2 heterocycles. The topological polar surface area (TPSA) is 171 Å². The van der Waals surface area contributed by atoms with Crippen LogP contribution >= 0.6 is 11.6 Å².